The summed E-state index contributed by atoms with van der Waals surface area (Å²) in [5, 5.41) is 8.71. The largest absolute Gasteiger partial charge is 0.396 e. The Morgan fingerprint density at radius 1 is 1.24 bits per heavy atom. The van der Waals surface area contributed by atoms with Gasteiger partial charge in [0.2, 0.25) is 0 Å². The molecule has 6 heteroatoms. The first-order chi connectivity index (χ1) is 9.84. The predicted molar refractivity (Wildman–Crippen MR) is 83.0 cm³/mol. The maximum absolute atomic E-state index is 10.5. The second kappa shape index (κ2) is 8.48. The van der Waals surface area contributed by atoms with Crippen molar-refractivity contribution in [3.8, 4) is 0 Å². The van der Waals surface area contributed by atoms with Crippen LogP contribution >= 0.6 is 0 Å². The molecule has 120 valence electrons. The van der Waals surface area contributed by atoms with Gasteiger partial charge in [0.05, 0.1) is 4.90 Å². The van der Waals surface area contributed by atoms with E-state index in [4.69, 9.17) is 9.66 Å². The fourth-order valence-electron chi connectivity index (χ4n) is 2.37. The molecule has 1 aromatic rings. The summed E-state index contributed by atoms with van der Waals surface area (Å²) in [6, 6.07) is 6.64. The van der Waals surface area contributed by atoms with Gasteiger partial charge in [0.25, 0.3) is 10.1 Å². The smallest absolute Gasteiger partial charge is 0.294 e. The van der Waals surface area contributed by atoms with E-state index >= 15 is 0 Å². The zero-order valence-corrected chi connectivity index (χ0v) is 13.5. The van der Waals surface area contributed by atoms with Crippen LogP contribution in [0.5, 0.6) is 0 Å². The number of nitrogens with zero attached hydrogens (tertiary/aromatic N) is 1. The summed E-state index contributed by atoms with van der Waals surface area (Å²) in [6.45, 7) is 3.40. The molecular formula is C15H25NO4S. The van der Waals surface area contributed by atoms with Gasteiger partial charge in [0.15, 0.2) is 0 Å². The van der Waals surface area contributed by atoms with Crippen LogP contribution in [0.4, 0.5) is 0 Å². The van der Waals surface area contributed by atoms with E-state index in [0.717, 1.165) is 12.0 Å². The highest BCUT2D eigenvalue weighted by Crippen LogP contribution is 2.16. The van der Waals surface area contributed by atoms with Crippen molar-refractivity contribution in [1.82, 2.24) is 4.90 Å². The third kappa shape index (κ3) is 6.56. The van der Waals surface area contributed by atoms with Gasteiger partial charge in [0, 0.05) is 12.6 Å². The number of benzene rings is 1. The zero-order chi connectivity index (χ0) is 15.9. The van der Waals surface area contributed by atoms with Crippen molar-refractivity contribution < 1.29 is 18.1 Å². The Balaban J connectivity index is 0.000000211. The van der Waals surface area contributed by atoms with E-state index in [9.17, 15) is 8.42 Å². The van der Waals surface area contributed by atoms with Gasteiger partial charge in [-0.2, -0.15) is 8.42 Å². The highest BCUT2D eigenvalue weighted by molar-refractivity contribution is 7.85. The fourth-order valence-corrected chi connectivity index (χ4v) is 2.85. The molecule has 1 aliphatic heterocycles. The van der Waals surface area contributed by atoms with Crippen LogP contribution in [-0.4, -0.2) is 49.2 Å². The molecule has 2 N–H and O–H groups in total. The van der Waals surface area contributed by atoms with E-state index in [0.29, 0.717) is 12.6 Å². The van der Waals surface area contributed by atoms with Gasteiger partial charge in [-0.3, -0.25) is 4.55 Å². The van der Waals surface area contributed by atoms with E-state index in [1.54, 1.807) is 12.1 Å². The fraction of sp³-hybridized carbons (Fsp3) is 0.600. The first kappa shape index (κ1) is 18.1. The van der Waals surface area contributed by atoms with Crippen molar-refractivity contribution in [1.29, 1.82) is 0 Å². The molecule has 0 radical (unpaired) electrons. The minimum Gasteiger partial charge on any atom is -0.396 e. The van der Waals surface area contributed by atoms with Crippen LogP contribution in [0, 0.1) is 6.92 Å². The molecular weight excluding hydrogens is 290 g/mol. The normalized spacial score (nSPS) is 19.7. The molecule has 0 saturated carbocycles. The van der Waals surface area contributed by atoms with Crippen molar-refractivity contribution in [2.45, 2.75) is 43.5 Å². The first-order valence-electron chi connectivity index (χ1n) is 7.20. The molecule has 2 rings (SSSR count). The maximum atomic E-state index is 10.5. The second-order valence-corrected chi connectivity index (χ2v) is 6.85. The summed E-state index contributed by atoms with van der Waals surface area (Å²) in [6.07, 6.45) is 4.90. The van der Waals surface area contributed by atoms with Crippen LogP contribution in [0.3, 0.4) is 0 Å². The van der Waals surface area contributed by atoms with Gasteiger partial charge >= 0.3 is 0 Å². The number of likely N-dealkylation sites (tertiary alicyclic amines) is 1. The lowest BCUT2D eigenvalue weighted by Crippen LogP contribution is -2.36. The van der Waals surface area contributed by atoms with E-state index in [1.807, 2.05) is 6.92 Å². The lowest BCUT2D eigenvalue weighted by atomic mass is 10.0. The van der Waals surface area contributed by atoms with Crippen LogP contribution in [0.25, 0.3) is 0 Å². The number of aliphatic hydroxyl groups is 1. The molecule has 1 unspecified atom stereocenters. The molecule has 1 saturated heterocycles. The van der Waals surface area contributed by atoms with Crippen LogP contribution < -0.4 is 0 Å². The van der Waals surface area contributed by atoms with E-state index in [2.05, 4.69) is 11.9 Å². The number of rotatable bonds is 3. The van der Waals surface area contributed by atoms with Crippen molar-refractivity contribution in [3.05, 3.63) is 29.8 Å². The van der Waals surface area contributed by atoms with Gasteiger partial charge in [0.1, 0.15) is 0 Å². The molecule has 1 aromatic carbocycles. The third-order valence-corrected chi connectivity index (χ3v) is 4.57. The van der Waals surface area contributed by atoms with Gasteiger partial charge < -0.3 is 10.0 Å². The van der Waals surface area contributed by atoms with E-state index in [1.165, 1.54) is 37.9 Å². The minimum absolute atomic E-state index is 0.0666. The molecule has 1 atom stereocenters. The Hall–Kier alpha value is -0.950. The monoisotopic (exact) mass is 315 g/mol. The lowest BCUT2D eigenvalue weighted by molar-refractivity contribution is 0.147. The van der Waals surface area contributed by atoms with Crippen LogP contribution in [0.2, 0.25) is 0 Å². The number of hydrogen-bond acceptors (Lipinski definition) is 4. The molecule has 0 aliphatic carbocycles. The molecule has 0 amide bonds. The molecule has 5 nitrogen and oxygen atoms in total. The standard InChI is InChI=1S/C8H17NO.C7H8O3S/c1-9-6-3-2-4-8(9)5-7-10;1-6-2-4-7(5-3-6)11(8,9)10/h8,10H,2-7H2,1H3;2-5H,1H3,(H,8,9,10). The summed E-state index contributed by atoms with van der Waals surface area (Å²) in [5.41, 5.74) is 0.956. The Labute approximate surface area is 127 Å². The van der Waals surface area contributed by atoms with E-state index in [-0.39, 0.29) is 4.90 Å². The summed E-state index contributed by atoms with van der Waals surface area (Å²) >= 11 is 0. The summed E-state index contributed by atoms with van der Waals surface area (Å²) < 4.78 is 29.6. The van der Waals surface area contributed by atoms with Gasteiger partial charge in [-0.25, -0.2) is 0 Å². The van der Waals surface area contributed by atoms with Gasteiger partial charge in [-0.05, 0) is 51.9 Å². The molecule has 0 bridgehead atoms. The van der Waals surface area contributed by atoms with E-state index < -0.39 is 10.1 Å². The Morgan fingerprint density at radius 3 is 2.33 bits per heavy atom. The Morgan fingerprint density at radius 2 is 1.86 bits per heavy atom. The molecule has 0 spiro atoms. The lowest BCUT2D eigenvalue weighted by Gasteiger charge is -2.31. The van der Waals surface area contributed by atoms with Crippen LogP contribution in [0.1, 0.15) is 31.2 Å². The molecule has 1 fully saturated rings. The topological polar surface area (TPSA) is 77.8 Å². The number of hydrogen-bond donors (Lipinski definition) is 2. The SMILES string of the molecule is CN1CCCCC1CCO.Cc1ccc(S(=O)(=O)O)cc1. The Bertz CT molecular complexity index is 511. The average molecular weight is 315 g/mol. The summed E-state index contributed by atoms with van der Waals surface area (Å²) in [7, 11) is -1.87. The molecule has 1 aliphatic rings. The van der Waals surface area contributed by atoms with Crippen molar-refractivity contribution in [2.75, 3.05) is 20.2 Å². The molecule has 1 heterocycles. The highest BCUT2D eigenvalue weighted by Gasteiger charge is 2.17. The number of piperidine rings is 1. The molecule has 21 heavy (non-hydrogen) atoms. The van der Waals surface area contributed by atoms with Crippen molar-refractivity contribution in [2.24, 2.45) is 0 Å². The van der Waals surface area contributed by atoms with Crippen molar-refractivity contribution >= 4 is 10.1 Å². The second-order valence-electron chi connectivity index (χ2n) is 5.43. The zero-order valence-electron chi connectivity index (χ0n) is 12.7. The summed E-state index contributed by atoms with van der Waals surface area (Å²) in [5.74, 6) is 0. The average Bonchev–Trinajstić information content (AvgIpc) is 2.42. The maximum Gasteiger partial charge on any atom is 0.294 e. The molecule has 0 aromatic heterocycles. The van der Waals surface area contributed by atoms with Crippen LogP contribution in [-0.2, 0) is 10.1 Å². The van der Waals surface area contributed by atoms with Crippen LogP contribution in [0.15, 0.2) is 29.2 Å². The third-order valence-electron chi connectivity index (χ3n) is 3.70. The quantitative estimate of drug-likeness (QED) is 0.835. The number of aliphatic hydroxyl groups excluding tert-OH is 1. The van der Waals surface area contributed by atoms with Gasteiger partial charge in [-0.15, -0.1) is 0 Å². The minimum atomic E-state index is -4.02. The predicted octanol–water partition coefficient (Wildman–Crippen LogP) is 2.09. The summed E-state index contributed by atoms with van der Waals surface area (Å²) in [4.78, 5) is 2.29. The Kier molecular flexibility index (Phi) is 7.31. The first-order valence-corrected chi connectivity index (χ1v) is 8.64. The highest BCUT2D eigenvalue weighted by atomic mass is 32.2. The number of aryl methyl sites for hydroxylation is 1. The van der Waals surface area contributed by atoms with Gasteiger partial charge in [-0.1, -0.05) is 24.1 Å². The van der Waals surface area contributed by atoms with Crippen molar-refractivity contribution in [3.63, 3.8) is 0 Å².